The van der Waals surface area contributed by atoms with E-state index in [0.29, 0.717) is 41.7 Å². The minimum absolute atomic E-state index is 0.175. The van der Waals surface area contributed by atoms with E-state index in [1.807, 2.05) is 0 Å². The van der Waals surface area contributed by atoms with E-state index in [-0.39, 0.29) is 12.0 Å². The van der Waals surface area contributed by atoms with Gasteiger partial charge in [-0.15, -0.1) is 0 Å². The molecule has 7 heteroatoms. The first-order chi connectivity index (χ1) is 10.5. The molecule has 1 heterocycles. The van der Waals surface area contributed by atoms with Crippen molar-refractivity contribution in [3.05, 3.63) is 41.0 Å². The zero-order valence-corrected chi connectivity index (χ0v) is 12.3. The summed E-state index contributed by atoms with van der Waals surface area (Å²) in [6, 6.07) is 7.00. The van der Waals surface area contributed by atoms with Crippen LogP contribution in [0.15, 0.2) is 28.8 Å². The zero-order valence-electron chi connectivity index (χ0n) is 11.6. The maximum atomic E-state index is 11.1. The zero-order chi connectivity index (χ0) is 15.4. The molecule has 1 aromatic heterocycles. The van der Waals surface area contributed by atoms with E-state index in [1.165, 1.54) is 0 Å². The van der Waals surface area contributed by atoms with Crippen molar-refractivity contribution in [2.24, 2.45) is 5.41 Å². The summed E-state index contributed by atoms with van der Waals surface area (Å²) < 4.78 is 10.7. The van der Waals surface area contributed by atoms with Gasteiger partial charge in [0.25, 0.3) is 5.89 Å². The van der Waals surface area contributed by atoms with Crippen LogP contribution in [0.5, 0.6) is 5.75 Å². The fourth-order valence-corrected chi connectivity index (χ4v) is 3.58. The molecule has 2 bridgehead atoms. The average Bonchev–Trinajstić information content (AvgIpc) is 2.83. The number of ether oxygens (including phenoxy) is 1. The minimum atomic E-state index is -0.718. The summed E-state index contributed by atoms with van der Waals surface area (Å²) in [5.74, 6) is 0.938. The fourth-order valence-electron chi connectivity index (χ4n) is 3.46. The van der Waals surface area contributed by atoms with E-state index in [9.17, 15) is 4.79 Å². The molecule has 5 rings (SSSR count). The van der Waals surface area contributed by atoms with Crippen LogP contribution in [0.2, 0.25) is 5.02 Å². The molecule has 2 aromatic rings. The van der Waals surface area contributed by atoms with Crippen LogP contribution in [0.25, 0.3) is 0 Å². The second kappa shape index (κ2) is 4.46. The number of rotatable bonds is 5. The summed E-state index contributed by atoms with van der Waals surface area (Å²) in [7, 11) is 0. The number of hydrogen-bond acceptors (Lipinski definition) is 5. The third-order valence-electron chi connectivity index (χ3n) is 4.60. The molecular weight excluding hydrogens is 308 g/mol. The van der Waals surface area contributed by atoms with Gasteiger partial charge in [0, 0.05) is 10.4 Å². The van der Waals surface area contributed by atoms with Gasteiger partial charge in [-0.25, -0.2) is 0 Å². The van der Waals surface area contributed by atoms with Crippen LogP contribution in [-0.2, 0) is 16.8 Å². The van der Waals surface area contributed by atoms with Gasteiger partial charge in [0.05, 0.1) is 5.41 Å². The lowest BCUT2D eigenvalue weighted by atomic mass is 9.35. The molecule has 0 amide bonds. The van der Waals surface area contributed by atoms with Crippen LogP contribution < -0.4 is 4.74 Å². The number of aromatic nitrogens is 2. The van der Waals surface area contributed by atoms with Gasteiger partial charge in [0.2, 0.25) is 0 Å². The van der Waals surface area contributed by atoms with E-state index in [2.05, 4.69) is 10.1 Å². The van der Waals surface area contributed by atoms with E-state index in [0.717, 1.165) is 0 Å². The first-order valence-electron chi connectivity index (χ1n) is 6.96. The van der Waals surface area contributed by atoms with Crippen LogP contribution in [0.4, 0.5) is 0 Å². The smallest absolute Gasteiger partial charge is 0.309 e. The summed E-state index contributed by atoms with van der Waals surface area (Å²) in [6.07, 6.45) is 1.81. The Hall–Kier alpha value is -2.08. The SMILES string of the molecule is O=C(O)C12CC(c3noc(COc4ccc(Cl)cc4)n3)(C1)C2. The minimum Gasteiger partial charge on any atom is -0.484 e. The number of nitrogens with zero attached hydrogens (tertiary/aromatic N) is 2. The number of carbonyl (C=O) groups is 1. The fraction of sp³-hybridized carbons (Fsp3) is 0.400. The normalized spacial score (nSPS) is 28.6. The second-order valence-electron chi connectivity index (χ2n) is 6.15. The largest absolute Gasteiger partial charge is 0.484 e. The van der Waals surface area contributed by atoms with Gasteiger partial charge in [-0.2, -0.15) is 4.98 Å². The monoisotopic (exact) mass is 320 g/mol. The molecule has 0 atom stereocenters. The van der Waals surface area contributed by atoms with E-state index in [4.69, 9.17) is 26.0 Å². The van der Waals surface area contributed by atoms with Crippen LogP contribution in [0, 0.1) is 5.41 Å². The van der Waals surface area contributed by atoms with Gasteiger partial charge in [0.15, 0.2) is 12.4 Å². The number of carboxylic acids is 1. The lowest BCUT2D eigenvalue weighted by Gasteiger charge is -2.66. The van der Waals surface area contributed by atoms with Gasteiger partial charge in [0.1, 0.15) is 5.75 Å². The third-order valence-corrected chi connectivity index (χ3v) is 4.85. The molecule has 3 aliphatic carbocycles. The maximum absolute atomic E-state index is 11.1. The van der Waals surface area contributed by atoms with E-state index < -0.39 is 11.4 Å². The van der Waals surface area contributed by atoms with Crippen molar-refractivity contribution in [1.29, 1.82) is 0 Å². The molecule has 0 radical (unpaired) electrons. The highest BCUT2D eigenvalue weighted by atomic mass is 35.5. The van der Waals surface area contributed by atoms with Crippen LogP contribution >= 0.6 is 11.6 Å². The van der Waals surface area contributed by atoms with Crippen molar-refractivity contribution in [3.8, 4) is 5.75 Å². The van der Waals surface area contributed by atoms with Crippen LogP contribution in [0.1, 0.15) is 31.0 Å². The summed E-state index contributed by atoms with van der Waals surface area (Å²) in [4.78, 5) is 15.5. The summed E-state index contributed by atoms with van der Waals surface area (Å²) in [5.41, 5.74) is -0.735. The Labute approximate surface area is 131 Å². The van der Waals surface area contributed by atoms with Crippen molar-refractivity contribution in [1.82, 2.24) is 10.1 Å². The second-order valence-corrected chi connectivity index (χ2v) is 6.59. The van der Waals surface area contributed by atoms with Crippen molar-refractivity contribution in [2.45, 2.75) is 31.3 Å². The van der Waals surface area contributed by atoms with Gasteiger partial charge in [-0.05, 0) is 43.5 Å². The Balaban J connectivity index is 1.39. The molecule has 6 nitrogen and oxygen atoms in total. The number of hydrogen-bond donors (Lipinski definition) is 1. The standard InChI is InChI=1S/C15H13ClN2O4/c16-9-1-3-10(4-2-9)21-5-11-17-12(18-22-11)14-6-15(7-14,8-14)13(19)20/h1-4H,5-8H2,(H,19,20). The third kappa shape index (κ3) is 1.90. The Kier molecular flexibility index (Phi) is 2.75. The number of aliphatic carboxylic acids is 1. The van der Waals surface area contributed by atoms with Crippen molar-refractivity contribution in [3.63, 3.8) is 0 Å². The molecule has 0 aliphatic heterocycles. The number of halogens is 1. The predicted molar refractivity (Wildman–Crippen MR) is 75.7 cm³/mol. The van der Waals surface area contributed by atoms with E-state index in [1.54, 1.807) is 24.3 Å². The van der Waals surface area contributed by atoms with Crippen molar-refractivity contribution < 1.29 is 19.2 Å². The molecule has 22 heavy (non-hydrogen) atoms. The highest BCUT2D eigenvalue weighted by Gasteiger charge is 2.74. The predicted octanol–water partition coefficient (Wildman–Crippen LogP) is 2.81. The van der Waals surface area contributed by atoms with Gasteiger partial charge in [-0.3, -0.25) is 4.79 Å². The quantitative estimate of drug-likeness (QED) is 0.911. The molecule has 3 fully saturated rings. The van der Waals surface area contributed by atoms with Crippen molar-refractivity contribution in [2.75, 3.05) is 0 Å². The van der Waals surface area contributed by atoms with Crippen molar-refractivity contribution >= 4 is 17.6 Å². The van der Waals surface area contributed by atoms with Gasteiger partial charge < -0.3 is 14.4 Å². The first kappa shape index (κ1) is 13.6. The molecular formula is C15H13ClN2O4. The van der Waals surface area contributed by atoms with Gasteiger partial charge >= 0.3 is 5.97 Å². The molecule has 0 saturated heterocycles. The Morgan fingerprint density at radius 2 is 2.00 bits per heavy atom. The van der Waals surface area contributed by atoms with Crippen LogP contribution in [-0.4, -0.2) is 21.2 Å². The lowest BCUT2D eigenvalue weighted by molar-refractivity contribution is -0.196. The number of carboxylic acid groups (broad SMARTS) is 1. The highest BCUT2D eigenvalue weighted by molar-refractivity contribution is 6.30. The van der Waals surface area contributed by atoms with Crippen LogP contribution in [0.3, 0.4) is 0 Å². The first-order valence-corrected chi connectivity index (χ1v) is 7.34. The Morgan fingerprint density at radius 1 is 1.32 bits per heavy atom. The van der Waals surface area contributed by atoms with Gasteiger partial charge in [-0.1, -0.05) is 16.8 Å². The Bertz CT molecular complexity index is 720. The lowest BCUT2D eigenvalue weighted by Crippen LogP contribution is -2.68. The number of benzene rings is 1. The maximum Gasteiger partial charge on any atom is 0.309 e. The molecule has 114 valence electrons. The molecule has 3 aliphatic rings. The molecule has 1 N–H and O–H groups in total. The highest BCUT2D eigenvalue weighted by Crippen LogP contribution is 2.73. The van der Waals surface area contributed by atoms with E-state index >= 15 is 0 Å². The topological polar surface area (TPSA) is 85.5 Å². The molecule has 0 spiro atoms. The average molecular weight is 321 g/mol. The Morgan fingerprint density at radius 3 is 2.64 bits per heavy atom. The molecule has 1 aromatic carbocycles. The molecule has 3 saturated carbocycles. The summed E-state index contributed by atoms with van der Waals surface area (Å²) in [5, 5.41) is 13.8. The summed E-state index contributed by atoms with van der Waals surface area (Å²) >= 11 is 5.80. The molecule has 0 unspecified atom stereocenters. The summed E-state index contributed by atoms with van der Waals surface area (Å²) in [6.45, 7) is 0.175.